The topological polar surface area (TPSA) is 43.4 Å². The lowest BCUT2D eigenvalue weighted by Crippen LogP contribution is -2.16. The fourth-order valence-electron chi connectivity index (χ4n) is 3.93. The minimum Gasteiger partial charge on any atom is -0.465 e. The van der Waals surface area contributed by atoms with Crippen LogP contribution in [0.3, 0.4) is 0 Å². The van der Waals surface area contributed by atoms with Gasteiger partial charge in [0.1, 0.15) is 0 Å². The predicted molar refractivity (Wildman–Crippen MR) is 151 cm³/mol. The van der Waals surface area contributed by atoms with Gasteiger partial charge in [-0.3, -0.25) is 4.79 Å². The molecule has 3 nitrogen and oxygen atoms in total. The van der Waals surface area contributed by atoms with Gasteiger partial charge in [0.2, 0.25) is 0 Å². The lowest BCUT2D eigenvalue weighted by Gasteiger charge is -2.26. The molecule has 0 fully saturated rings. The number of methoxy groups -OCH3 is 1. The molecule has 0 heterocycles. The zero-order valence-electron chi connectivity index (χ0n) is 23.7. The van der Waals surface area contributed by atoms with Crippen LogP contribution >= 0.6 is 0 Å². The predicted octanol–water partition coefficient (Wildman–Crippen LogP) is 8.55. The van der Waals surface area contributed by atoms with Crippen molar-refractivity contribution in [1.82, 2.24) is 0 Å². The largest absolute Gasteiger partial charge is 0.465 e. The number of ketones is 1. The number of carbonyl (C=O) groups excluding carboxylic acids is 2. The molecule has 0 aliphatic heterocycles. The Morgan fingerprint density at radius 3 is 1.67 bits per heavy atom. The number of carbonyl (C=O) groups is 2. The van der Waals surface area contributed by atoms with E-state index in [9.17, 15) is 9.59 Å². The molecule has 3 heteroatoms. The Balaban J connectivity index is 0.00000222. The summed E-state index contributed by atoms with van der Waals surface area (Å²) in [6.45, 7) is 19.4. The van der Waals surface area contributed by atoms with Crippen LogP contribution in [-0.4, -0.2) is 18.9 Å². The van der Waals surface area contributed by atoms with E-state index in [0.717, 1.165) is 23.1 Å². The highest BCUT2D eigenvalue weighted by atomic mass is 16.5. The third-order valence-electron chi connectivity index (χ3n) is 6.28. The summed E-state index contributed by atoms with van der Waals surface area (Å²) in [5, 5.41) is 0. The molecule has 0 amide bonds. The van der Waals surface area contributed by atoms with Crippen molar-refractivity contribution >= 4 is 11.8 Å². The van der Waals surface area contributed by atoms with Gasteiger partial charge in [0.25, 0.3) is 0 Å². The highest BCUT2D eigenvalue weighted by Gasteiger charge is 2.23. The molecule has 0 spiro atoms. The lowest BCUT2D eigenvalue weighted by molar-refractivity contribution is 0.0600. The van der Waals surface area contributed by atoms with Gasteiger partial charge in [-0.2, -0.15) is 0 Å². The first-order valence-corrected chi connectivity index (χ1v) is 12.9. The average Bonchev–Trinajstić information content (AvgIpc) is 2.87. The van der Waals surface area contributed by atoms with Crippen LogP contribution in [0.2, 0.25) is 0 Å². The Hall–Kier alpha value is -3.20. The Morgan fingerprint density at radius 1 is 0.722 bits per heavy atom. The summed E-state index contributed by atoms with van der Waals surface area (Å²) in [6.07, 6.45) is 0.844. The fourth-order valence-corrected chi connectivity index (χ4v) is 3.93. The van der Waals surface area contributed by atoms with Gasteiger partial charge in [-0.05, 0) is 63.3 Å². The van der Waals surface area contributed by atoms with Crippen LogP contribution in [-0.2, 0) is 22.0 Å². The molecule has 0 N–H and O–H groups in total. The number of hydrogen-bond donors (Lipinski definition) is 0. The molecule has 36 heavy (non-hydrogen) atoms. The zero-order chi connectivity index (χ0) is 27.3. The van der Waals surface area contributed by atoms with Crippen molar-refractivity contribution in [3.8, 4) is 11.1 Å². The van der Waals surface area contributed by atoms with E-state index in [1.54, 1.807) is 24.3 Å². The minimum atomic E-state index is -0.415. The Bertz CT molecular complexity index is 1170. The molecule has 0 saturated carbocycles. The molecule has 0 aliphatic rings. The Labute approximate surface area is 217 Å². The third-order valence-corrected chi connectivity index (χ3v) is 6.28. The maximum Gasteiger partial charge on any atom is 0.337 e. The fraction of sp³-hybridized carbons (Fsp3) is 0.394. The number of rotatable bonds is 5. The van der Waals surface area contributed by atoms with Crippen molar-refractivity contribution < 1.29 is 14.3 Å². The summed E-state index contributed by atoms with van der Waals surface area (Å²) < 4.78 is 4.78. The number of ether oxygens (including phenoxy) is 1. The van der Waals surface area contributed by atoms with Crippen LogP contribution in [0.1, 0.15) is 105 Å². The standard InChI is InChI=1S/C31H36O3.C2H6/c1-9-20-10-15-26(23-17-24(30(2,3)4)19-25(18-23)31(5,6)7)27(16-20)28(32)21-11-13-22(14-12-21)29(33)34-8;1-2/h10-19H,9H2,1-8H3;1-2H3. The van der Waals surface area contributed by atoms with E-state index >= 15 is 0 Å². The van der Waals surface area contributed by atoms with Crippen LogP contribution in [0, 0.1) is 0 Å². The first kappa shape index (κ1) is 29.0. The molecule has 0 aromatic heterocycles. The van der Waals surface area contributed by atoms with E-state index in [4.69, 9.17) is 4.74 Å². The smallest absolute Gasteiger partial charge is 0.337 e. The first-order chi connectivity index (χ1) is 16.8. The van der Waals surface area contributed by atoms with Crippen molar-refractivity contribution in [3.63, 3.8) is 0 Å². The summed E-state index contributed by atoms with van der Waals surface area (Å²) in [4.78, 5) is 25.5. The molecule has 0 atom stereocenters. The zero-order valence-corrected chi connectivity index (χ0v) is 23.7. The van der Waals surface area contributed by atoms with Gasteiger partial charge in [0, 0.05) is 11.1 Å². The summed E-state index contributed by atoms with van der Waals surface area (Å²) in [5.41, 5.74) is 7.19. The number of aryl methyl sites for hydroxylation is 1. The van der Waals surface area contributed by atoms with Crippen molar-refractivity contribution in [2.75, 3.05) is 7.11 Å². The van der Waals surface area contributed by atoms with E-state index in [2.05, 4.69) is 78.8 Å². The second kappa shape index (κ2) is 11.7. The molecule has 0 radical (unpaired) electrons. The highest BCUT2D eigenvalue weighted by Crippen LogP contribution is 2.36. The normalized spacial score (nSPS) is 11.4. The molecular weight excluding hydrogens is 444 g/mol. The van der Waals surface area contributed by atoms with Gasteiger partial charge in [0.15, 0.2) is 5.78 Å². The van der Waals surface area contributed by atoms with Crippen LogP contribution in [0.15, 0.2) is 60.7 Å². The quantitative estimate of drug-likeness (QED) is 0.268. The summed E-state index contributed by atoms with van der Waals surface area (Å²) in [6, 6.07) is 19.6. The average molecular weight is 487 g/mol. The maximum atomic E-state index is 13.7. The molecule has 0 saturated heterocycles. The second-order valence-electron chi connectivity index (χ2n) is 10.9. The van der Waals surface area contributed by atoms with Crippen LogP contribution in [0.5, 0.6) is 0 Å². The van der Waals surface area contributed by atoms with Crippen molar-refractivity contribution in [1.29, 1.82) is 0 Å². The summed E-state index contributed by atoms with van der Waals surface area (Å²) in [7, 11) is 1.35. The molecule has 0 bridgehead atoms. The van der Waals surface area contributed by atoms with Gasteiger partial charge < -0.3 is 4.74 Å². The van der Waals surface area contributed by atoms with E-state index < -0.39 is 5.97 Å². The van der Waals surface area contributed by atoms with Crippen LogP contribution < -0.4 is 0 Å². The van der Waals surface area contributed by atoms with Crippen molar-refractivity contribution in [2.45, 2.75) is 79.6 Å². The molecule has 3 aromatic carbocycles. The lowest BCUT2D eigenvalue weighted by atomic mass is 9.78. The van der Waals surface area contributed by atoms with Gasteiger partial charge in [-0.15, -0.1) is 0 Å². The SMILES string of the molecule is CC.CCc1ccc(-c2cc(C(C)(C)C)cc(C(C)(C)C)c2)c(C(=O)c2ccc(C(=O)OC)cc2)c1. The third kappa shape index (κ3) is 6.72. The van der Waals surface area contributed by atoms with Crippen LogP contribution in [0.4, 0.5) is 0 Å². The molecule has 3 aromatic rings. The molecular formula is C33H42O3. The minimum absolute atomic E-state index is 0.0206. The summed E-state index contributed by atoms with van der Waals surface area (Å²) >= 11 is 0. The van der Waals surface area contributed by atoms with Crippen molar-refractivity contribution in [2.24, 2.45) is 0 Å². The van der Waals surface area contributed by atoms with E-state index in [1.807, 2.05) is 19.9 Å². The Kier molecular flexibility index (Phi) is 9.43. The Morgan fingerprint density at radius 2 is 1.22 bits per heavy atom. The molecule has 0 aliphatic carbocycles. The van der Waals surface area contributed by atoms with Gasteiger partial charge in [-0.1, -0.05) is 105 Å². The van der Waals surface area contributed by atoms with Crippen molar-refractivity contribution in [3.05, 3.63) is 94.0 Å². The monoisotopic (exact) mass is 486 g/mol. The molecule has 3 rings (SSSR count). The molecule has 0 unspecified atom stereocenters. The van der Waals surface area contributed by atoms with Gasteiger partial charge in [0.05, 0.1) is 12.7 Å². The second-order valence-corrected chi connectivity index (χ2v) is 10.9. The molecule has 192 valence electrons. The van der Waals surface area contributed by atoms with Crippen LogP contribution in [0.25, 0.3) is 11.1 Å². The number of hydrogen-bond acceptors (Lipinski definition) is 3. The summed E-state index contributed by atoms with van der Waals surface area (Å²) in [5.74, 6) is -0.471. The highest BCUT2D eigenvalue weighted by molar-refractivity contribution is 6.13. The number of esters is 1. The van der Waals surface area contributed by atoms with Gasteiger partial charge in [-0.25, -0.2) is 4.79 Å². The number of benzene rings is 3. The first-order valence-electron chi connectivity index (χ1n) is 12.9. The van der Waals surface area contributed by atoms with E-state index in [-0.39, 0.29) is 16.6 Å². The van der Waals surface area contributed by atoms with Gasteiger partial charge >= 0.3 is 5.97 Å². The van der Waals surface area contributed by atoms with E-state index in [0.29, 0.717) is 16.7 Å². The maximum absolute atomic E-state index is 13.7. The van der Waals surface area contributed by atoms with E-state index in [1.165, 1.54) is 18.2 Å².